The zero-order valence-corrected chi connectivity index (χ0v) is 16.5. The van der Waals surface area contributed by atoms with E-state index in [1.807, 2.05) is 0 Å². The van der Waals surface area contributed by atoms with Gasteiger partial charge in [0.15, 0.2) is 0 Å². The molecule has 1 aromatic carbocycles. The fraction of sp³-hybridized carbons (Fsp3) is 0.652. The largest absolute Gasteiger partial charge is 0.368 e. The summed E-state index contributed by atoms with van der Waals surface area (Å²) in [6.07, 6.45) is 11.7. The highest BCUT2D eigenvalue weighted by molar-refractivity contribution is 5.70. The molecular weight excluding hydrogens is 304 g/mol. The van der Waals surface area contributed by atoms with Crippen LogP contribution in [0.5, 0.6) is 0 Å². The SMILES string of the molecule is C/C=C\c1c(C)cccc1N1CCN(CCC2CCC(C)CC2)CC1. The summed E-state index contributed by atoms with van der Waals surface area (Å²) < 4.78 is 0. The molecule has 0 spiro atoms. The Morgan fingerprint density at radius 2 is 1.76 bits per heavy atom. The van der Waals surface area contributed by atoms with Crippen LogP contribution in [-0.4, -0.2) is 37.6 Å². The quantitative estimate of drug-likeness (QED) is 0.711. The Bertz CT molecular complexity index is 561. The van der Waals surface area contributed by atoms with Crippen LogP contribution in [0.25, 0.3) is 6.08 Å². The van der Waals surface area contributed by atoms with E-state index in [1.165, 1.54) is 68.6 Å². The molecule has 3 rings (SSSR count). The summed E-state index contributed by atoms with van der Waals surface area (Å²) in [7, 11) is 0. The second kappa shape index (κ2) is 8.89. The Hall–Kier alpha value is -1.28. The fourth-order valence-corrected chi connectivity index (χ4v) is 4.52. The van der Waals surface area contributed by atoms with Crippen molar-refractivity contribution in [3.63, 3.8) is 0 Å². The molecule has 0 bridgehead atoms. The lowest BCUT2D eigenvalue weighted by atomic mass is 9.81. The standard InChI is InChI=1S/C23H36N2/c1-4-6-22-20(3)7-5-8-23(22)25-17-15-24(16-18-25)14-13-21-11-9-19(2)10-12-21/h4-8,19,21H,9-18H2,1-3H3/b6-4-. The fourth-order valence-electron chi connectivity index (χ4n) is 4.52. The second-order valence-corrected chi connectivity index (χ2v) is 8.25. The van der Waals surface area contributed by atoms with Crippen LogP contribution in [0.3, 0.4) is 0 Å². The van der Waals surface area contributed by atoms with Gasteiger partial charge in [-0.3, -0.25) is 4.90 Å². The molecule has 0 N–H and O–H groups in total. The molecule has 1 aromatic rings. The van der Waals surface area contributed by atoms with E-state index in [4.69, 9.17) is 0 Å². The van der Waals surface area contributed by atoms with E-state index in [1.54, 1.807) is 0 Å². The van der Waals surface area contributed by atoms with Gasteiger partial charge in [0.25, 0.3) is 0 Å². The minimum absolute atomic E-state index is 0.973. The van der Waals surface area contributed by atoms with E-state index >= 15 is 0 Å². The predicted molar refractivity (Wildman–Crippen MR) is 110 cm³/mol. The topological polar surface area (TPSA) is 6.48 Å². The molecule has 25 heavy (non-hydrogen) atoms. The summed E-state index contributed by atoms with van der Waals surface area (Å²) in [5.41, 5.74) is 4.19. The van der Waals surface area contributed by atoms with Gasteiger partial charge in [-0.2, -0.15) is 0 Å². The van der Waals surface area contributed by atoms with Crippen molar-refractivity contribution < 1.29 is 0 Å². The third-order valence-corrected chi connectivity index (χ3v) is 6.34. The Morgan fingerprint density at radius 1 is 1.04 bits per heavy atom. The molecule has 1 saturated heterocycles. The van der Waals surface area contributed by atoms with Gasteiger partial charge in [0.1, 0.15) is 0 Å². The minimum Gasteiger partial charge on any atom is -0.368 e. The molecule has 1 aliphatic carbocycles. The first-order valence-electron chi connectivity index (χ1n) is 10.4. The first-order chi connectivity index (χ1) is 12.2. The lowest BCUT2D eigenvalue weighted by molar-refractivity contribution is 0.208. The summed E-state index contributed by atoms with van der Waals surface area (Å²) in [4.78, 5) is 5.28. The van der Waals surface area contributed by atoms with E-state index in [0.717, 1.165) is 24.9 Å². The maximum atomic E-state index is 2.69. The highest BCUT2D eigenvalue weighted by Crippen LogP contribution is 2.31. The van der Waals surface area contributed by atoms with Crippen LogP contribution in [0.15, 0.2) is 24.3 Å². The number of piperazine rings is 1. The van der Waals surface area contributed by atoms with E-state index in [9.17, 15) is 0 Å². The lowest BCUT2D eigenvalue weighted by Gasteiger charge is -2.38. The summed E-state index contributed by atoms with van der Waals surface area (Å²) >= 11 is 0. The molecule has 2 heteroatoms. The zero-order valence-electron chi connectivity index (χ0n) is 16.5. The monoisotopic (exact) mass is 340 g/mol. The molecule has 2 aliphatic rings. The highest BCUT2D eigenvalue weighted by Gasteiger charge is 2.22. The molecule has 138 valence electrons. The maximum Gasteiger partial charge on any atom is 0.0443 e. The van der Waals surface area contributed by atoms with Crippen molar-refractivity contribution in [2.45, 2.75) is 52.9 Å². The molecule has 1 saturated carbocycles. The van der Waals surface area contributed by atoms with Gasteiger partial charge in [-0.05, 0) is 50.3 Å². The smallest absolute Gasteiger partial charge is 0.0443 e. The Kier molecular flexibility index (Phi) is 6.58. The van der Waals surface area contributed by atoms with Crippen LogP contribution in [0.4, 0.5) is 5.69 Å². The van der Waals surface area contributed by atoms with Crippen LogP contribution in [0.2, 0.25) is 0 Å². The van der Waals surface area contributed by atoms with Crippen molar-refractivity contribution in [1.29, 1.82) is 0 Å². The predicted octanol–water partition coefficient (Wildman–Crippen LogP) is 5.37. The number of anilines is 1. The number of rotatable bonds is 5. The normalized spacial score (nSPS) is 25.6. The molecule has 2 nitrogen and oxygen atoms in total. The summed E-state index contributed by atoms with van der Waals surface area (Å²) in [5.74, 6) is 1.97. The number of aryl methyl sites for hydroxylation is 1. The van der Waals surface area contributed by atoms with Crippen molar-refractivity contribution in [3.8, 4) is 0 Å². The first-order valence-corrected chi connectivity index (χ1v) is 10.4. The van der Waals surface area contributed by atoms with Crippen LogP contribution >= 0.6 is 0 Å². The maximum absolute atomic E-state index is 2.69. The molecular formula is C23H36N2. The van der Waals surface area contributed by atoms with Gasteiger partial charge in [0.05, 0.1) is 0 Å². The highest BCUT2D eigenvalue weighted by atomic mass is 15.3. The van der Waals surface area contributed by atoms with Gasteiger partial charge in [-0.25, -0.2) is 0 Å². The van der Waals surface area contributed by atoms with Gasteiger partial charge in [-0.15, -0.1) is 0 Å². The van der Waals surface area contributed by atoms with Gasteiger partial charge >= 0.3 is 0 Å². The number of allylic oxidation sites excluding steroid dienone is 1. The van der Waals surface area contributed by atoms with E-state index in [2.05, 4.69) is 60.9 Å². The number of hydrogen-bond acceptors (Lipinski definition) is 2. The molecule has 1 aliphatic heterocycles. The Labute approximate surface area is 154 Å². The van der Waals surface area contributed by atoms with Crippen molar-refractivity contribution >= 4 is 11.8 Å². The molecule has 2 fully saturated rings. The van der Waals surface area contributed by atoms with Crippen LogP contribution < -0.4 is 4.90 Å². The van der Waals surface area contributed by atoms with Gasteiger partial charge < -0.3 is 4.90 Å². The molecule has 0 radical (unpaired) electrons. The second-order valence-electron chi connectivity index (χ2n) is 8.25. The third-order valence-electron chi connectivity index (χ3n) is 6.34. The molecule has 0 aromatic heterocycles. The molecule has 0 amide bonds. The number of nitrogens with zero attached hydrogens (tertiary/aromatic N) is 2. The van der Waals surface area contributed by atoms with E-state index in [-0.39, 0.29) is 0 Å². The first kappa shape index (κ1) is 18.5. The average molecular weight is 341 g/mol. The summed E-state index contributed by atoms with van der Waals surface area (Å²) in [6.45, 7) is 12.8. The van der Waals surface area contributed by atoms with Crippen LogP contribution in [0, 0.1) is 18.8 Å². The van der Waals surface area contributed by atoms with E-state index < -0.39 is 0 Å². The zero-order chi connectivity index (χ0) is 17.6. The Morgan fingerprint density at radius 3 is 2.44 bits per heavy atom. The van der Waals surface area contributed by atoms with Crippen LogP contribution in [-0.2, 0) is 0 Å². The average Bonchev–Trinajstić information content (AvgIpc) is 2.64. The molecule has 1 heterocycles. The molecule has 0 unspecified atom stereocenters. The minimum atomic E-state index is 0.973. The number of benzene rings is 1. The Balaban J connectivity index is 1.50. The summed E-state index contributed by atoms with van der Waals surface area (Å²) in [6, 6.07) is 6.72. The van der Waals surface area contributed by atoms with Crippen molar-refractivity contribution in [2.24, 2.45) is 11.8 Å². The van der Waals surface area contributed by atoms with Crippen LogP contribution in [0.1, 0.15) is 57.1 Å². The molecule has 0 atom stereocenters. The van der Waals surface area contributed by atoms with Gasteiger partial charge in [0, 0.05) is 37.4 Å². The van der Waals surface area contributed by atoms with Gasteiger partial charge in [0.2, 0.25) is 0 Å². The van der Waals surface area contributed by atoms with Crippen molar-refractivity contribution in [1.82, 2.24) is 4.90 Å². The van der Waals surface area contributed by atoms with Crippen molar-refractivity contribution in [3.05, 3.63) is 35.4 Å². The number of hydrogen-bond donors (Lipinski definition) is 0. The summed E-state index contributed by atoms with van der Waals surface area (Å²) in [5, 5.41) is 0. The lowest BCUT2D eigenvalue weighted by Crippen LogP contribution is -2.47. The van der Waals surface area contributed by atoms with E-state index in [0.29, 0.717) is 0 Å². The van der Waals surface area contributed by atoms with Crippen molar-refractivity contribution in [2.75, 3.05) is 37.6 Å². The third kappa shape index (κ3) is 4.88. The van der Waals surface area contributed by atoms with Gasteiger partial charge in [-0.1, -0.05) is 56.9 Å².